The second-order valence-corrected chi connectivity index (χ2v) is 6.13. The van der Waals surface area contributed by atoms with Crippen molar-refractivity contribution in [2.24, 2.45) is 0 Å². The van der Waals surface area contributed by atoms with Crippen LogP contribution < -0.4 is 5.32 Å². The highest BCUT2D eigenvalue weighted by Crippen LogP contribution is 2.27. The SMILES string of the molecule is COCc1c(Br)cccc1NC1CCCN(C)CC1. The lowest BCUT2D eigenvalue weighted by molar-refractivity contribution is 0.185. The van der Waals surface area contributed by atoms with E-state index in [1.807, 2.05) is 0 Å². The van der Waals surface area contributed by atoms with E-state index in [0.29, 0.717) is 12.6 Å². The Morgan fingerprint density at radius 1 is 1.37 bits per heavy atom. The molecule has 4 heteroatoms. The fraction of sp³-hybridized carbons (Fsp3) is 0.600. The van der Waals surface area contributed by atoms with Crippen molar-refractivity contribution in [1.29, 1.82) is 0 Å². The zero-order valence-electron chi connectivity index (χ0n) is 11.8. The standard InChI is InChI=1S/C15H23BrN2O/c1-18-9-4-5-12(8-10-18)17-15-7-3-6-14(16)13(15)11-19-2/h3,6-7,12,17H,4-5,8-11H2,1-2H3. The molecule has 0 radical (unpaired) electrons. The summed E-state index contributed by atoms with van der Waals surface area (Å²) in [5.74, 6) is 0. The molecule has 0 bridgehead atoms. The third kappa shape index (κ3) is 4.20. The molecule has 1 aliphatic heterocycles. The van der Waals surface area contributed by atoms with Gasteiger partial charge in [0.1, 0.15) is 0 Å². The lowest BCUT2D eigenvalue weighted by atomic mass is 10.1. The first-order valence-electron chi connectivity index (χ1n) is 6.92. The maximum Gasteiger partial charge on any atom is 0.0744 e. The molecule has 1 aliphatic rings. The Kier molecular flexibility index (Phi) is 5.67. The van der Waals surface area contributed by atoms with Gasteiger partial charge in [0.25, 0.3) is 0 Å². The highest BCUT2D eigenvalue weighted by atomic mass is 79.9. The van der Waals surface area contributed by atoms with Crippen molar-refractivity contribution in [3.63, 3.8) is 0 Å². The van der Waals surface area contributed by atoms with Gasteiger partial charge in [-0.3, -0.25) is 0 Å². The van der Waals surface area contributed by atoms with Gasteiger partial charge in [0, 0.05) is 28.9 Å². The van der Waals surface area contributed by atoms with Crippen LogP contribution in [0.4, 0.5) is 5.69 Å². The average molecular weight is 327 g/mol. The van der Waals surface area contributed by atoms with Crippen molar-refractivity contribution in [3.05, 3.63) is 28.2 Å². The summed E-state index contributed by atoms with van der Waals surface area (Å²) in [4.78, 5) is 2.42. The van der Waals surface area contributed by atoms with Crippen molar-refractivity contribution >= 4 is 21.6 Å². The number of anilines is 1. The van der Waals surface area contributed by atoms with Gasteiger partial charge < -0.3 is 15.0 Å². The Bertz CT molecular complexity index is 411. The summed E-state index contributed by atoms with van der Waals surface area (Å²) < 4.78 is 6.42. The summed E-state index contributed by atoms with van der Waals surface area (Å²) >= 11 is 3.61. The molecule has 1 fully saturated rings. The van der Waals surface area contributed by atoms with E-state index in [0.717, 1.165) is 4.47 Å². The van der Waals surface area contributed by atoms with Crippen LogP contribution in [0.2, 0.25) is 0 Å². The first-order valence-corrected chi connectivity index (χ1v) is 7.71. The molecule has 1 unspecified atom stereocenters. The molecular weight excluding hydrogens is 304 g/mol. The summed E-state index contributed by atoms with van der Waals surface area (Å²) in [6.07, 6.45) is 3.71. The Labute approximate surface area is 124 Å². The van der Waals surface area contributed by atoms with Crippen LogP contribution >= 0.6 is 15.9 Å². The molecule has 0 amide bonds. The molecule has 0 saturated carbocycles. The first kappa shape index (κ1) is 14.8. The molecule has 1 saturated heterocycles. The number of benzene rings is 1. The fourth-order valence-electron chi connectivity index (χ4n) is 2.59. The predicted molar refractivity (Wildman–Crippen MR) is 83.6 cm³/mol. The predicted octanol–water partition coefficient (Wildman–Crippen LogP) is 3.49. The van der Waals surface area contributed by atoms with E-state index in [1.165, 1.54) is 43.6 Å². The van der Waals surface area contributed by atoms with E-state index >= 15 is 0 Å². The smallest absolute Gasteiger partial charge is 0.0744 e. The minimum atomic E-state index is 0.565. The summed E-state index contributed by atoms with van der Waals surface area (Å²) in [7, 11) is 3.95. The van der Waals surface area contributed by atoms with Crippen molar-refractivity contribution in [2.45, 2.75) is 31.9 Å². The number of nitrogens with one attached hydrogen (secondary N) is 1. The van der Waals surface area contributed by atoms with Crippen molar-refractivity contribution in [3.8, 4) is 0 Å². The molecule has 0 aliphatic carbocycles. The number of likely N-dealkylation sites (tertiary alicyclic amines) is 1. The summed E-state index contributed by atoms with van der Waals surface area (Å²) in [5.41, 5.74) is 2.41. The van der Waals surface area contributed by atoms with E-state index in [4.69, 9.17) is 4.74 Å². The molecule has 1 heterocycles. The van der Waals surface area contributed by atoms with Gasteiger partial charge in [-0.15, -0.1) is 0 Å². The lowest BCUT2D eigenvalue weighted by Gasteiger charge is -2.21. The fourth-order valence-corrected chi connectivity index (χ4v) is 3.07. The van der Waals surface area contributed by atoms with Crippen LogP contribution in [0.5, 0.6) is 0 Å². The Morgan fingerprint density at radius 3 is 3.00 bits per heavy atom. The molecule has 3 nitrogen and oxygen atoms in total. The van der Waals surface area contributed by atoms with Gasteiger partial charge in [0.2, 0.25) is 0 Å². The summed E-state index contributed by atoms with van der Waals surface area (Å²) in [5, 5.41) is 3.70. The molecule has 1 aromatic carbocycles. The topological polar surface area (TPSA) is 24.5 Å². The Hall–Kier alpha value is -0.580. The highest BCUT2D eigenvalue weighted by molar-refractivity contribution is 9.10. The minimum Gasteiger partial charge on any atom is -0.382 e. The van der Waals surface area contributed by atoms with Gasteiger partial charge in [0.15, 0.2) is 0 Å². The van der Waals surface area contributed by atoms with Gasteiger partial charge in [0.05, 0.1) is 6.61 Å². The molecule has 0 aromatic heterocycles. The zero-order chi connectivity index (χ0) is 13.7. The molecule has 1 aromatic rings. The van der Waals surface area contributed by atoms with Crippen LogP contribution in [-0.4, -0.2) is 38.2 Å². The van der Waals surface area contributed by atoms with Gasteiger partial charge >= 0.3 is 0 Å². The van der Waals surface area contributed by atoms with Gasteiger partial charge in [-0.2, -0.15) is 0 Å². The van der Waals surface area contributed by atoms with E-state index in [-0.39, 0.29) is 0 Å². The maximum absolute atomic E-state index is 5.30. The number of halogens is 1. The maximum atomic E-state index is 5.30. The highest BCUT2D eigenvalue weighted by Gasteiger charge is 2.16. The molecule has 2 rings (SSSR count). The Balaban J connectivity index is 2.07. The Morgan fingerprint density at radius 2 is 2.21 bits per heavy atom. The molecule has 106 valence electrons. The largest absolute Gasteiger partial charge is 0.382 e. The number of hydrogen-bond donors (Lipinski definition) is 1. The summed E-state index contributed by atoms with van der Waals surface area (Å²) in [6, 6.07) is 6.86. The number of nitrogens with zero attached hydrogens (tertiary/aromatic N) is 1. The quantitative estimate of drug-likeness (QED) is 0.916. The van der Waals surface area contributed by atoms with Crippen LogP contribution in [0, 0.1) is 0 Å². The van der Waals surface area contributed by atoms with Gasteiger partial charge in [-0.1, -0.05) is 22.0 Å². The first-order chi connectivity index (χ1) is 9.20. The molecular formula is C15H23BrN2O. The van der Waals surface area contributed by atoms with E-state index in [1.54, 1.807) is 7.11 Å². The van der Waals surface area contributed by atoms with Crippen LogP contribution in [0.1, 0.15) is 24.8 Å². The van der Waals surface area contributed by atoms with Crippen molar-refractivity contribution in [1.82, 2.24) is 4.90 Å². The third-order valence-electron chi connectivity index (χ3n) is 3.72. The number of hydrogen-bond acceptors (Lipinski definition) is 3. The van der Waals surface area contributed by atoms with Crippen molar-refractivity contribution < 1.29 is 4.74 Å². The second-order valence-electron chi connectivity index (χ2n) is 5.27. The van der Waals surface area contributed by atoms with Crippen LogP contribution in [0.25, 0.3) is 0 Å². The summed E-state index contributed by atoms with van der Waals surface area (Å²) in [6.45, 7) is 3.02. The zero-order valence-corrected chi connectivity index (χ0v) is 13.4. The van der Waals surface area contributed by atoms with E-state index in [2.05, 4.69) is 51.4 Å². The molecule has 19 heavy (non-hydrogen) atoms. The minimum absolute atomic E-state index is 0.565. The number of ether oxygens (including phenoxy) is 1. The van der Waals surface area contributed by atoms with Crippen molar-refractivity contribution in [2.75, 3.05) is 32.6 Å². The monoisotopic (exact) mass is 326 g/mol. The van der Waals surface area contributed by atoms with E-state index < -0.39 is 0 Å². The number of methoxy groups -OCH3 is 1. The average Bonchev–Trinajstić information content (AvgIpc) is 2.59. The van der Waals surface area contributed by atoms with Gasteiger partial charge in [-0.05, 0) is 51.5 Å². The normalized spacial score (nSPS) is 21.1. The lowest BCUT2D eigenvalue weighted by Crippen LogP contribution is -2.23. The molecule has 0 spiro atoms. The van der Waals surface area contributed by atoms with E-state index in [9.17, 15) is 0 Å². The number of rotatable bonds is 4. The third-order valence-corrected chi connectivity index (χ3v) is 4.46. The van der Waals surface area contributed by atoms with Crippen LogP contribution in [0.15, 0.2) is 22.7 Å². The molecule has 1 N–H and O–H groups in total. The van der Waals surface area contributed by atoms with Gasteiger partial charge in [-0.25, -0.2) is 0 Å². The van der Waals surface area contributed by atoms with Crippen LogP contribution in [-0.2, 0) is 11.3 Å². The second kappa shape index (κ2) is 7.27. The molecule has 1 atom stereocenters. The van der Waals surface area contributed by atoms with Crippen LogP contribution in [0.3, 0.4) is 0 Å².